The van der Waals surface area contributed by atoms with Crippen molar-refractivity contribution in [3.05, 3.63) is 11.8 Å². The number of cyclic esters (lactones) is 2. The van der Waals surface area contributed by atoms with Crippen molar-refractivity contribution >= 4 is 17.8 Å². The van der Waals surface area contributed by atoms with E-state index in [0.717, 1.165) is 6.20 Å². The van der Waals surface area contributed by atoms with E-state index in [1.54, 1.807) is 20.8 Å². The van der Waals surface area contributed by atoms with E-state index >= 15 is 0 Å². The number of amides is 1. The highest BCUT2D eigenvalue weighted by atomic mass is 16.7. The second-order valence-electron chi connectivity index (χ2n) is 5.46. The van der Waals surface area contributed by atoms with E-state index < -0.39 is 23.1 Å². The fraction of sp³-hybridized carbons (Fsp3) is 0.583. The summed E-state index contributed by atoms with van der Waals surface area (Å²) in [5, 5.41) is 2.38. The van der Waals surface area contributed by atoms with Crippen molar-refractivity contribution in [2.24, 2.45) is 5.41 Å². The molecule has 1 aliphatic rings. The van der Waals surface area contributed by atoms with Crippen LogP contribution in [0.1, 0.15) is 34.6 Å². The lowest BCUT2D eigenvalue weighted by atomic mass is 9.96. The third-order valence-electron chi connectivity index (χ3n) is 2.15. The summed E-state index contributed by atoms with van der Waals surface area (Å²) in [5.74, 6) is -3.23. The first kappa shape index (κ1) is 14.2. The summed E-state index contributed by atoms with van der Waals surface area (Å²) in [6.07, 6.45) is 1.02. The minimum absolute atomic E-state index is 0.319. The van der Waals surface area contributed by atoms with Gasteiger partial charge >= 0.3 is 11.9 Å². The molecule has 0 atom stereocenters. The van der Waals surface area contributed by atoms with Gasteiger partial charge in [-0.2, -0.15) is 0 Å². The number of hydrogen-bond acceptors (Lipinski definition) is 5. The first-order valence-corrected chi connectivity index (χ1v) is 5.51. The second-order valence-corrected chi connectivity index (χ2v) is 5.46. The molecule has 6 heteroatoms. The SMILES string of the molecule is CC1(C)OC(=O)C(=CNC(=O)C(C)(C)C)C(=O)O1. The Balaban J connectivity index is 2.82. The van der Waals surface area contributed by atoms with E-state index in [0.29, 0.717) is 0 Å². The Morgan fingerprint density at radius 1 is 1.17 bits per heavy atom. The van der Waals surface area contributed by atoms with Crippen molar-refractivity contribution < 1.29 is 23.9 Å². The van der Waals surface area contributed by atoms with E-state index in [1.807, 2.05) is 0 Å². The zero-order valence-electron chi connectivity index (χ0n) is 11.1. The van der Waals surface area contributed by atoms with Crippen LogP contribution in [0.5, 0.6) is 0 Å². The quantitative estimate of drug-likeness (QED) is 0.427. The predicted molar refractivity (Wildman–Crippen MR) is 61.9 cm³/mol. The monoisotopic (exact) mass is 255 g/mol. The number of carbonyl (C=O) groups excluding carboxylic acids is 3. The van der Waals surface area contributed by atoms with E-state index in [-0.39, 0.29) is 11.5 Å². The van der Waals surface area contributed by atoms with Gasteiger partial charge in [-0.3, -0.25) is 4.79 Å². The van der Waals surface area contributed by atoms with Gasteiger partial charge in [0.15, 0.2) is 5.57 Å². The van der Waals surface area contributed by atoms with Crippen molar-refractivity contribution in [3.63, 3.8) is 0 Å². The molecule has 0 radical (unpaired) electrons. The molecular formula is C12H17NO5. The molecule has 0 saturated carbocycles. The molecule has 0 unspecified atom stereocenters. The molecule has 1 fully saturated rings. The molecule has 0 spiro atoms. The highest BCUT2D eigenvalue weighted by Gasteiger charge is 2.39. The van der Waals surface area contributed by atoms with Gasteiger partial charge in [0.1, 0.15) is 0 Å². The highest BCUT2D eigenvalue weighted by Crippen LogP contribution is 2.22. The van der Waals surface area contributed by atoms with Crippen LogP contribution < -0.4 is 5.32 Å². The Morgan fingerprint density at radius 2 is 1.61 bits per heavy atom. The molecule has 0 bridgehead atoms. The highest BCUT2D eigenvalue weighted by molar-refractivity contribution is 6.15. The Hall–Kier alpha value is -1.85. The third-order valence-corrected chi connectivity index (χ3v) is 2.15. The van der Waals surface area contributed by atoms with Crippen LogP contribution in [-0.4, -0.2) is 23.6 Å². The lowest BCUT2D eigenvalue weighted by molar-refractivity contribution is -0.222. The standard InChI is InChI=1S/C12H17NO5/c1-11(2,3)10(16)13-6-7-8(14)17-12(4,5)18-9(7)15/h6H,1-5H3,(H,13,16). The van der Waals surface area contributed by atoms with Gasteiger partial charge in [-0.15, -0.1) is 0 Å². The van der Waals surface area contributed by atoms with Gasteiger partial charge < -0.3 is 14.8 Å². The summed E-state index contributed by atoms with van der Waals surface area (Å²) in [6, 6.07) is 0. The summed E-state index contributed by atoms with van der Waals surface area (Å²) < 4.78 is 9.75. The van der Waals surface area contributed by atoms with E-state index in [1.165, 1.54) is 13.8 Å². The maximum atomic E-state index is 11.6. The lowest BCUT2D eigenvalue weighted by Crippen LogP contribution is -2.43. The molecule has 0 aliphatic carbocycles. The van der Waals surface area contributed by atoms with Crippen LogP contribution in [-0.2, 0) is 23.9 Å². The van der Waals surface area contributed by atoms with Crippen LogP contribution in [0.15, 0.2) is 11.8 Å². The van der Waals surface area contributed by atoms with Gasteiger partial charge in [-0.05, 0) is 0 Å². The van der Waals surface area contributed by atoms with Crippen LogP contribution in [0.25, 0.3) is 0 Å². The Bertz CT molecular complexity index is 406. The second kappa shape index (κ2) is 4.44. The van der Waals surface area contributed by atoms with Gasteiger partial charge in [0.25, 0.3) is 5.79 Å². The molecule has 1 rings (SSSR count). The third kappa shape index (κ3) is 3.32. The van der Waals surface area contributed by atoms with Crippen LogP contribution in [0.4, 0.5) is 0 Å². The number of nitrogens with one attached hydrogen (secondary N) is 1. The normalized spacial score (nSPS) is 18.8. The predicted octanol–water partition coefficient (Wildman–Crippen LogP) is 0.869. The average Bonchev–Trinajstić information content (AvgIpc) is 2.12. The number of esters is 2. The molecule has 0 aromatic heterocycles. The van der Waals surface area contributed by atoms with E-state index in [9.17, 15) is 14.4 Å². The molecule has 1 N–H and O–H groups in total. The molecule has 1 aliphatic heterocycles. The number of hydrogen-bond donors (Lipinski definition) is 1. The number of ether oxygens (including phenoxy) is 2. The van der Waals surface area contributed by atoms with Crippen molar-refractivity contribution in [1.29, 1.82) is 0 Å². The minimum atomic E-state index is -1.28. The van der Waals surface area contributed by atoms with Crippen molar-refractivity contribution in [2.45, 2.75) is 40.4 Å². The smallest absolute Gasteiger partial charge is 0.350 e. The zero-order valence-corrected chi connectivity index (χ0v) is 11.1. The first-order chi connectivity index (χ1) is 8.03. The average molecular weight is 255 g/mol. The fourth-order valence-electron chi connectivity index (χ4n) is 1.13. The molecule has 100 valence electrons. The number of carbonyl (C=O) groups is 3. The molecule has 1 saturated heterocycles. The molecule has 6 nitrogen and oxygen atoms in total. The van der Waals surface area contributed by atoms with E-state index in [2.05, 4.69) is 5.32 Å². The molecule has 1 heterocycles. The Morgan fingerprint density at radius 3 is 2.00 bits per heavy atom. The van der Waals surface area contributed by atoms with Crippen molar-refractivity contribution in [3.8, 4) is 0 Å². The minimum Gasteiger partial charge on any atom is -0.419 e. The maximum absolute atomic E-state index is 11.6. The van der Waals surface area contributed by atoms with Gasteiger partial charge in [0.2, 0.25) is 5.91 Å². The van der Waals surface area contributed by atoms with Crippen LogP contribution >= 0.6 is 0 Å². The Kier molecular flexibility index (Phi) is 3.50. The maximum Gasteiger partial charge on any atom is 0.350 e. The molecule has 0 aromatic carbocycles. The van der Waals surface area contributed by atoms with Crippen LogP contribution in [0, 0.1) is 5.41 Å². The summed E-state index contributed by atoms with van der Waals surface area (Å²) in [6.45, 7) is 8.03. The zero-order chi connectivity index (χ0) is 14.1. The molecule has 0 aromatic rings. The summed E-state index contributed by atoms with van der Waals surface area (Å²) in [4.78, 5) is 34.7. The lowest BCUT2D eigenvalue weighted by Gasteiger charge is -2.29. The van der Waals surface area contributed by atoms with Gasteiger partial charge in [-0.1, -0.05) is 20.8 Å². The summed E-state index contributed by atoms with van der Waals surface area (Å²) in [7, 11) is 0. The molecule has 1 amide bonds. The fourth-order valence-corrected chi connectivity index (χ4v) is 1.13. The Labute approximate surface area is 105 Å². The first-order valence-electron chi connectivity index (χ1n) is 5.51. The van der Waals surface area contributed by atoms with Crippen LogP contribution in [0.3, 0.4) is 0 Å². The van der Waals surface area contributed by atoms with Crippen molar-refractivity contribution in [2.75, 3.05) is 0 Å². The van der Waals surface area contributed by atoms with Crippen LogP contribution in [0.2, 0.25) is 0 Å². The molecular weight excluding hydrogens is 238 g/mol. The van der Waals surface area contributed by atoms with Gasteiger partial charge in [0.05, 0.1) is 0 Å². The summed E-state index contributed by atoms with van der Waals surface area (Å²) >= 11 is 0. The van der Waals surface area contributed by atoms with Gasteiger partial charge in [0, 0.05) is 25.5 Å². The number of rotatable bonds is 1. The largest absolute Gasteiger partial charge is 0.419 e. The van der Waals surface area contributed by atoms with Crippen molar-refractivity contribution in [1.82, 2.24) is 5.32 Å². The van der Waals surface area contributed by atoms with Gasteiger partial charge in [-0.25, -0.2) is 9.59 Å². The van der Waals surface area contributed by atoms with E-state index in [4.69, 9.17) is 9.47 Å². The summed E-state index contributed by atoms with van der Waals surface area (Å²) in [5.41, 5.74) is -0.953. The topological polar surface area (TPSA) is 81.7 Å². The molecule has 18 heavy (non-hydrogen) atoms.